The van der Waals surface area contributed by atoms with Gasteiger partial charge < -0.3 is 19.0 Å². The third-order valence-electron chi connectivity index (χ3n) is 3.78. The molecule has 0 aromatic carbocycles. The van der Waals surface area contributed by atoms with E-state index in [1.807, 2.05) is 0 Å². The van der Waals surface area contributed by atoms with Gasteiger partial charge in [0.2, 0.25) is 0 Å². The molecule has 0 saturated heterocycles. The average Bonchev–Trinajstić information content (AvgIpc) is 2.44. The molecule has 0 aliphatic heterocycles. The Kier molecular flexibility index (Phi) is 12.5. The van der Waals surface area contributed by atoms with Crippen LogP contribution < -0.4 is 0 Å². The van der Waals surface area contributed by atoms with E-state index in [-0.39, 0.29) is 6.10 Å². The summed E-state index contributed by atoms with van der Waals surface area (Å²) in [4.78, 5) is 0. The Labute approximate surface area is 138 Å². The smallest absolute Gasteiger partial charge is 0.186 e. The first kappa shape index (κ1) is 22.1. The van der Waals surface area contributed by atoms with Gasteiger partial charge in [-0.05, 0) is 50.2 Å². The van der Waals surface area contributed by atoms with E-state index in [0.717, 1.165) is 38.5 Å². The van der Waals surface area contributed by atoms with Crippen LogP contribution in [0.25, 0.3) is 0 Å². The zero-order chi connectivity index (χ0) is 17.0. The van der Waals surface area contributed by atoms with Crippen molar-refractivity contribution in [3.8, 4) is 0 Å². The molecule has 2 unspecified atom stereocenters. The maximum Gasteiger partial charge on any atom is 0.186 e. The third kappa shape index (κ3) is 13.7. The summed E-state index contributed by atoms with van der Waals surface area (Å²) in [7, 11) is 0.332. The molecule has 0 aromatic rings. The Bertz CT molecular complexity index is 259. The molecule has 0 aliphatic carbocycles. The molecule has 0 spiro atoms. The molecular weight excluding hydrogens is 296 g/mol. The van der Waals surface area contributed by atoms with Crippen molar-refractivity contribution in [1.82, 2.24) is 0 Å². The van der Waals surface area contributed by atoms with Crippen molar-refractivity contribution in [2.24, 2.45) is 11.8 Å². The number of hydrogen-bond donors (Lipinski definition) is 1. The Balaban J connectivity index is 3.51. The summed E-state index contributed by atoms with van der Waals surface area (Å²) in [5, 5.41) is 9.94. The van der Waals surface area contributed by atoms with Gasteiger partial charge in [0.15, 0.2) is 8.32 Å². The SMILES string of the molecule is CO[Si](C)(C)CCCOCC(O)CCC(C)COCC(C)C. The molecule has 134 valence electrons. The van der Waals surface area contributed by atoms with Gasteiger partial charge in [-0.25, -0.2) is 0 Å². The van der Waals surface area contributed by atoms with E-state index in [1.165, 1.54) is 0 Å². The first-order valence-corrected chi connectivity index (χ1v) is 11.8. The number of aliphatic hydroxyl groups is 1. The van der Waals surface area contributed by atoms with Crippen LogP contribution >= 0.6 is 0 Å². The molecule has 2 atom stereocenters. The number of aliphatic hydroxyl groups excluding tert-OH is 1. The number of rotatable bonds is 14. The lowest BCUT2D eigenvalue weighted by molar-refractivity contribution is 0.0247. The molecule has 0 aromatic heterocycles. The lowest BCUT2D eigenvalue weighted by Gasteiger charge is -2.20. The van der Waals surface area contributed by atoms with Gasteiger partial charge >= 0.3 is 0 Å². The summed E-state index contributed by atoms with van der Waals surface area (Å²) in [5.41, 5.74) is 0. The van der Waals surface area contributed by atoms with Gasteiger partial charge in [-0.3, -0.25) is 0 Å². The molecule has 0 saturated carbocycles. The summed E-state index contributed by atoms with van der Waals surface area (Å²) >= 11 is 0. The first-order valence-electron chi connectivity index (χ1n) is 8.65. The predicted molar refractivity (Wildman–Crippen MR) is 94.8 cm³/mol. The van der Waals surface area contributed by atoms with Gasteiger partial charge in [-0.1, -0.05) is 20.8 Å². The quantitative estimate of drug-likeness (QED) is 0.389. The topological polar surface area (TPSA) is 47.9 Å². The van der Waals surface area contributed by atoms with E-state index < -0.39 is 8.32 Å². The van der Waals surface area contributed by atoms with Crippen LogP contribution in [0.15, 0.2) is 0 Å². The Morgan fingerprint density at radius 2 is 1.64 bits per heavy atom. The zero-order valence-electron chi connectivity index (χ0n) is 15.6. The van der Waals surface area contributed by atoms with Crippen LogP contribution in [0, 0.1) is 11.8 Å². The zero-order valence-corrected chi connectivity index (χ0v) is 16.6. The monoisotopic (exact) mass is 334 g/mol. The standard InChI is InChI=1S/C17H38O4Si/c1-15(2)12-21-13-16(3)8-9-17(18)14-20-10-7-11-22(5,6)19-4/h15-18H,7-14H2,1-6H3. The molecule has 5 heteroatoms. The molecule has 0 radical (unpaired) electrons. The Morgan fingerprint density at radius 1 is 0.955 bits per heavy atom. The van der Waals surface area contributed by atoms with Crippen LogP contribution in [0.2, 0.25) is 19.1 Å². The molecule has 0 heterocycles. The van der Waals surface area contributed by atoms with Crippen molar-refractivity contribution in [2.45, 2.75) is 65.3 Å². The molecule has 4 nitrogen and oxygen atoms in total. The van der Waals surface area contributed by atoms with Gasteiger partial charge in [0.1, 0.15) is 0 Å². The first-order chi connectivity index (χ1) is 10.3. The average molecular weight is 335 g/mol. The highest BCUT2D eigenvalue weighted by molar-refractivity contribution is 6.71. The molecule has 0 fully saturated rings. The fourth-order valence-corrected chi connectivity index (χ4v) is 3.27. The van der Waals surface area contributed by atoms with Crippen molar-refractivity contribution >= 4 is 8.32 Å². The van der Waals surface area contributed by atoms with Gasteiger partial charge in [0, 0.05) is 26.9 Å². The van der Waals surface area contributed by atoms with Crippen LogP contribution in [0.5, 0.6) is 0 Å². The summed E-state index contributed by atoms with van der Waals surface area (Å²) in [6.45, 7) is 13.7. The lowest BCUT2D eigenvalue weighted by atomic mass is 10.0. The van der Waals surface area contributed by atoms with E-state index in [4.69, 9.17) is 13.9 Å². The summed E-state index contributed by atoms with van der Waals surface area (Å²) < 4.78 is 16.7. The largest absolute Gasteiger partial charge is 0.420 e. The molecule has 0 rings (SSSR count). The maximum absolute atomic E-state index is 9.94. The van der Waals surface area contributed by atoms with Crippen molar-refractivity contribution in [3.05, 3.63) is 0 Å². The van der Waals surface area contributed by atoms with Crippen molar-refractivity contribution in [3.63, 3.8) is 0 Å². The molecular formula is C17H38O4Si. The normalized spacial score (nSPS) is 15.3. The van der Waals surface area contributed by atoms with Gasteiger partial charge in [-0.15, -0.1) is 0 Å². The number of hydrogen-bond acceptors (Lipinski definition) is 4. The van der Waals surface area contributed by atoms with Gasteiger partial charge in [0.05, 0.1) is 12.7 Å². The minimum absolute atomic E-state index is 0.361. The Hall–Kier alpha value is 0.0569. The molecule has 1 N–H and O–H groups in total. The van der Waals surface area contributed by atoms with E-state index in [9.17, 15) is 5.11 Å². The fourth-order valence-electron chi connectivity index (χ4n) is 2.07. The lowest BCUT2D eigenvalue weighted by Crippen LogP contribution is -2.28. The highest BCUT2D eigenvalue weighted by atomic mass is 28.4. The van der Waals surface area contributed by atoms with E-state index in [1.54, 1.807) is 7.11 Å². The highest BCUT2D eigenvalue weighted by Crippen LogP contribution is 2.13. The van der Waals surface area contributed by atoms with Crippen molar-refractivity contribution < 1.29 is 19.0 Å². The second-order valence-electron chi connectivity index (χ2n) is 7.41. The van der Waals surface area contributed by atoms with Crippen LogP contribution in [0.1, 0.15) is 40.0 Å². The van der Waals surface area contributed by atoms with Crippen LogP contribution in [0.4, 0.5) is 0 Å². The summed E-state index contributed by atoms with van der Waals surface area (Å²) in [6, 6.07) is 1.10. The van der Waals surface area contributed by atoms with E-state index in [2.05, 4.69) is 33.9 Å². The van der Waals surface area contributed by atoms with Crippen LogP contribution in [0.3, 0.4) is 0 Å². The van der Waals surface area contributed by atoms with Crippen LogP contribution in [-0.4, -0.2) is 53.1 Å². The predicted octanol–water partition coefficient (Wildman–Crippen LogP) is 3.69. The van der Waals surface area contributed by atoms with Gasteiger partial charge in [0.25, 0.3) is 0 Å². The second kappa shape index (κ2) is 12.5. The minimum Gasteiger partial charge on any atom is -0.420 e. The van der Waals surface area contributed by atoms with E-state index in [0.29, 0.717) is 25.0 Å². The fraction of sp³-hybridized carbons (Fsp3) is 1.00. The summed E-state index contributed by atoms with van der Waals surface area (Å²) in [5.74, 6) is 1.07. The van der Waals surface area contributed by atoms with Gasteiger partial charge in [-0.2, -0.15) is 0 Å². The van der Waals surface area contributed by atoms with E-state index >= 15 is 0 Å². The summed E-state index contributed by atoms with van der Waals surface area (Å²) in [6.07, 6.45) is 2.41. The Morgan fingerprint density at radius 3 is 2.23 bits per heavy atom. The van der Waals surface area contributed by atoms with Crippen LogP contribution in [-0.2, 0) is 13.9 Å². The highest BCUT2D eigenvalue weighted by Gasteiger charge is 2.19. The van der Waals surface area contributed by atoms with Crippen molar-refractivity contribution in [2.75, 3.05) is 33.5 Å². The number of ether oxygens (including phenoxy) is 2. The molecule has 0 amide bonds. The van der Waals surface area contributed by atoms with Crippen molar-refractivity contribution in [1.29, 1.82) is 0 Å². The molecule has 0 bridgehead atoms. The maximum atomic E-state index is 9.94. The molecule has 0 aliphatic rings. The third-order valence-corrected chi connectivity index (χ3v) is 6.44. The second-order valence-corrected chi connectivity index (χ2v) is 11.8. The minimum atomic E-state index is -1.46. The molecule has 22 heavy (non-hydrogen) atoms.